The second kappa shape index (κ2) is 4.34. The highest BCUT2D eigenvalue weighted by Crippen LogP contribution is 1.94. The van der Waals surface area contributed by atoms with E-state index >= 15 is 0 Å². The molecule has 0 heterocycles. The van der Waals surface area contributed by atoms with Gasteiger partial charge in [0.15, 0.2) is 0 Å². The molecule has 4 radical (unpaired) electrons. The van der Waals surface area contributed by atoms with E-state index in [-0.39, 0.29) is 8.80 Å². The van der Waals surface area contributed by atoms with E-state index in [4.69, 9.17) is 0 Å². The Bertz CT molecular complexity index is 52.0. The molecular weight excluding hydrogens is 116 g/mol. The molecule has 2 heteroatoms. The van der Waals surface area contributed by atoms with Gasteiger partial charge in [-0.15, -0.1) is 12.3 Å². The van der Waals surface area contributed by atoms with Crippen molar-refractivity contribution >= 4 is 19.0 Å². The van der Waals surface area contributed by atoms with Crippen molar-refractivity contribution in [3.05, 3.63) is 12.3 Å². The molecule has 0 rings (SSSR count). The molecule has 0 saturated heterocycles. The summed E-state index contributed by atoms with van der Waals surface area (Å²) in [5.41, 5.74) is 2.07. The van der Waals surface area contributed by atoms with Gasteiger partial charge < -0.3 is 0 Å². The Morgan fingerprint density at radius 3 is 2.57 bits per heavy atom. The fourth-order valence-corrected chi connectivity index (χ4v) is 2.08. The Morgan fingerprint density at radius 2 is 2.43 bits per heavy atom. The lowest BCUT2D eigenvalue weighted by Gasteiger charge is -1.95. The van der Waals surface area contributed by atoms with Gasteiger partial charge in [0.25, 0.3) is 0 Å². The highest BCUT2D eigenvalue weighted by atomic mass is 28.3. The van der Waals surface area contributed by atoms with Crippen molar-refractivity contribution in [2.24, 2.45) is 0 Å². The van der Waals surface area contributed by atoms with E-state index in [0.29, 0.717) is 0 Å². The summed E-state index contributed by atoms with van der Waals surface area (Å²) < 4.78 is 0. The highest BCUT2D eigenvalue weighted by Gasteiger charge is 1.92. The molecule has 0 fully saturated rings. The minimum atomic E-state index is -0.165. The molecule has 0 aliphatic carbocycles. The lowest BCUT2D eigenvalue weighted by atomic mass is 10.9. The number of hydrogen-bond acceptors (Lipinski definition) is 0. The summed E-state index contributed by atoms with van der Waals surface area (Å²) in [5.74, 6) is 0. The lowest BCUT2D eigenvalue weighted by molar-refractivity contribution is 1.41. The van der Waals surface area contributed by atoms with Gasteiger partial charge in [0.1, 0.15) is 0 Å². The molecule has 0 nitrogen and oxygen atoms in total. The molecule has 0 aliphatic rings. The Kier molecular flexibility index (Phi) is 4.44. The van der Waals surface area contributed by atoms with E-state index in [1.807, 2.05) is 0 Å². The van der Waals surface area contributed by atoms with Gasteiger partial charge in [0.05, 0.1) is 8.80 Å². The summed E-state index contributed by atoms with van der Waals surface area (Å²) >= 11 is 0. The van der Waals surface area contributed by atoms with Crippen LogP contribution in [-0.4, -0.2) is 19.0 Å². The first kappa shape index (κ1) is 7.17. The molecule has 0 spiro atoms. The van der Waals surface area contributed by atoms with Gasteiger partial charge in [0, 0.05) is 10.2 Å². The molecule has 0 aromatic heterocycles. The van der Waals surface area contributed by atoms with Gasteiger partial charge in [-0.3, -0.25) is 0 Å². The third-order valence-electron chi connectivity index (χ3n) is 0.868. The zero-order valence-electron chi connectivity index (χ0n) is 4.70. The molecule has 0 atom stereocenters. The van der Waals surface area contributed by atoms with Crippen LogP contribution in [0.3, 0.4) is 0 Å². The van der Waals surface area contributed by atoms with Crippen LogP contribution in [0.15, 0.2) is 12.3 Å². The Morgan fingerprint density at radius 1 is 1.86 bits per heavy atom. The van der Waals surface area contributed by atoms with Crippen LogP contribution in [0.2, 0.25) is 18.6 Å². The monoisotopic (exact) mass is 126 g/mol. The maximum absolute atomic E-state index is 3.70. The Labute approximate surface area is 50.7 Å². The van der Waals surface area contributed by atoms with Crippen LogP contribution >= 0.6 is 0 Å². The quantitative estimate of drug-likeness (QED) is 0.502. The first-order chi connectivity index (χ1) is 3.31. The van der Waals surface area contributed by atoms with Gasteiger partial charge in [0.2, 0.25) is 0 Å². The van der Waals surface area contributed by atoms with Gasteiger partial charge in [-0.05, 0) is 0 Å². The number of hydrogen-bond donors (Lipinski definition) is 0. The zero-order chi connectivity index (χ0) is 5.70. The van der Waals surface area contributed by atoms with Crippen LogP contribution in [0, 0.1) is 0 Å². The molecule has 0 N–H and O–H groups in total. The van der Waals surface area contributed by atoms with E-state index in [9.17, 15) is 0 Å². The summed E-state index contributed by atoms with van der Waals surface area (Å²) in [4.78, 5) is 0. The highest BCUT2D eigenvalue weighted by molar-refractivity contribution is 6.63. The normalized spacial score (nSPS) is 9.57. The third-order valence-corrected chi connectivity index (χ3v) is 3.35. The van der Waals surface area contributed by atoms with Crippen molar-refractivity contribution in [2.45, 2.75) is 18.6 Å². The van der Waals surface area contributed by atoms with E-state index in [0.717, 1.165) is 6.04 Å². The molecule has 38 valence electrons. The standard InChI is InChI=1S/C5H10Si2/c1-3-7(2)5-4-6/h3H,1,4-5H2,2H3. The van der Waals surface area contributed by atoms with Crippen molar-refractivity contribution in [3.8, 4) is 0 Å². The molecule has 0 aromatic rings. The molecule has 0 bridgehead atoms. The predicted molar refractivity (Wildman–Crippen MR) is 37.2 cm³/mol. The molecular formula is C5H10Si2. The van der Waals surface area contributed by atoms with E-state index in [1.165, 1.54) is 6.04 Å². The van der Waals surface area contributed by atoms with Crippen molar-refractivity contribution in [3.63, 3.8) is 0 Å². The molecule has 0 unspecified atom stereocenters. The van der Waals surface area contributed by atoms with Gasteiger partial charge in [-0.1, -0.05) is 18.6 Å². The summed E-state index contributed by atoms with van der Waals surface area (Å²) in [7, 11) is 3.25. The second-order valence-electron chi connectivity index (χ2n) is 1.55. The van der Waals surface area contributed by atoms with Gasteiger partial charge >= 0.3 is 0 Å². The summed E-state index contributed by atoms with van der Waals surface area (Å²) in [5, 5.41) is 0. The third kappa shape index (κ3) is 4.02. The Balaban J connectivity index is 2.98. The molecule has 0 aromatic carbocycles. The van der Waals surface area contributed by atoms with Crippen molar-refractivity contribution in [2.75, 3.05) is 0 Å². The van der Waals surface area contributed by atoms with E-state index < -0.39 is 0 Å². The molecule has 0 aliphatic heterocycles. The minimum absolute atomic E-state index is 0.165. The van der Waals surface area contributed by atoms with E-state index in [1.54, 1.807) is 0 Å². The first-order valence-corrected chi connectivity index (χ1v) is 5.40. The second-order valence-corrected chi connectivity index (χ2v) is 4.65. The maximum atomic E-state index is 3.70. The molecule has 0 saturated carbocycles. The topological polar surface area (TPSA) is 0 Å². The fraction of sp³-hybridized carbons (Fsp3) is 0.600. The summed E-state index contributed by atoms with van der Waals surface area (Å²) in [6.45, 7) is 5.96. The number of rotatable bonds is 3. The SMILES string of the molecule is C=C[Si](C)CC[Si]. The zero-order valence-corrected chi connectivity index (χ0v) is 6.70. The largest absolute Gasteiger partial charge is 0.107 e. The van der Waals surface area contributed by atoms with Crippen molar-refractivity contribution in [1.29, 1.82) is 0 Å². The van der Waals surface area contributed by atoms with Gasteiger partial charge in [-0.2, -0.15) is 0 Å². The van der Waals surface area contributed by atoms with Crippen molar-refractivity contribution in [1.82, 2.24) is 0 Å². The molecule has 0 amide bonds. The lowest BCUT2D eigenvalue weighted by Crippen LogP contribution is -1.99. The van der Waals surface area contributed by atoms with Crippen LogP contribution in [0.4, 0.5) is 0 Å². The fourth-order valence-electron chi connectivity index (χ4n) is 0.299. The van der Waals surface area contributed by atoms with Crippen molar-refractivity contribution < 1.29 is 0 Å². The van der Waals surface area contributed by atoms with Crippen LogP contribution in [0.1, 0.15) is 0 Å². The summed E-state index contributed by atoms with van der Waals surface area (Å²) in [6, 6.07) is 2.42. The average Bonchev–Trinajstić information content (AvgIpc) is 1.68. The maximum Gasteiger partial charge on any atom is 0.0714 e. The average molecular weight is 126 g/mol. The molecule has 7 heavy (non-hydrogen) atoms. The van der Waals surface area contributed by atoms with E-state index in [2.05, 4.69) is 29.1 Å². The van der Waals surface area contributed by atoms with Crippen LogP contribution in [0.5, 0.6) is 0 Å². The van der Waals surface area contributed by atoms with Crippen LogP contribution < -0.4 is 0 Å². The van der Waals surface area contributed by atoms with Crippen LogP contribution in [-0.2, 0) is 0 Å². The Hall–Kier alpha value is 0.174. The first-order valence-electron chi connectivity index (χ1n) is 2.40. The van der Waals surface area contributed by atoms with Gasteiger partial charge in [-0.25, -0.2) is 0 Å². The minimum Gasteiger partial charge on any atom is -0.107 e. The smallest absolute Gasteiger partial charge is 0.0714 e. The summed E-state index contributed by atoms with van der Waals surface area (Å²) in [6.07, 6.45) is 0. The van der Waals surface area contributed by atoms with Crippen LogP contribution in [0.25, 0.3) is 0 Å². The predicted octanol–water partition coefficient (Wildman–Crippen LogP) is 1.42.